The van der Waals surface area contributed by atoms with E-state index in [2.05, 4.69) is 17.2 Å². The second-order valence-electron chi connectivity index (χ2n) is 3.29. The average molecular weight is 215 g/mol. The van der Waals surface area contributed by atoms with E-state index in [0.717, 1.165) is 31.1 Å². The molecule has 0 fully saturated rings. The fraction of sp³-hybridized carbons (Fsp3) is 0.778. The Hall–Kier alpha value is -0.710. The number of nitrogens with one attached hydrogen (secondary N) is 1. The number of hydrogen-bond donors (Lipinski definition) is 2. The predicted molar refractivity (Wildman–Crippen MR) is 60.4 cm³/mol. The third-order valence-electron chi connectivity index (χ3n) is 2.05. The van der Waals surface area contributed by atoms with Crippen molar-refractivity contribution in [2.24, 2.45) is 10.7 Å². The second-order valence-corrected chi connectivity index (χ2v) is 4.58. The fourth-order valence-corrected chi connectivity index (χ4v) is 2.15. The zero-order chi connectivity index (χ0) is 10.4. The van der Waals surface area contributed by atoms with Crippen LogP contribution in [0.3, 0.4) is 0 Å². The predicted octanol–water partition coefficient (Wildman–Crippen LogP) is 0.723. The molecule has 5 heteroatoms. The van der Waals surface area contributed by atoms with Crippen molar-refractivity contribution >= 4 is 22.8 Å². The molecule has 0 bridgehead atoms. The van der Waals surface area contributed by atoms with Crippen LogP contribution in [0.2, 0.25) is 0 Å². The topological polar surface area (TPSA) is 67.5 Å². The standard InChI is InChI=1S/C9H17N3OS/c1-2-7-6-12-9(14-7)11-5-3-4-8(10)13/h7H,2-6H2,1H3,(H2,10,13)(H,11,12). The minimum Gasteiger partial charge on any atom is -0.370 e. The molecule has 80 valence electrons. The lowest BCUT2D eigenvalue weighted by Gasteiger charge is -2.05. The smallest absolute Gasteiger partial charge is 0.217 e. The molecule has 1 atom stereocenters. The van der Waals surface area contributed by atoms with Gasteiger partial charge in [0.25, 0.3) is 0 Å². The minimum absolute atomic E-state index is 0.237. The van der Waals surface area contributed by atoms with Gasteiger partial charge in [0.15, 0.2) is 5.17 Å². The van der Waals surface area contributed by atoms with E-state index in [0.29, 0.717) is 11.7 Å². The molecule has 0 aliphatic carbocycles. The number of primary amides is 1. The van der Waals surface area contributed by atoms with E-state index in [1.165, 1.54) is 0 Å². The summed E-state index contributed by atoms with van der Waals surface area (Å²) in [6.07, 6.45) is 2.38. The zero-order valence-corrected chi connectivity index (χ0v) is 9.27. The summed E-state index contributed by atoms with van der Waals surface area (Å²) in [6, 6.07) is 0. The third kappa shape index (κ3) is 4.00. The highest BCUT2D eigenvalue weighted by Gasteiger charge is 2.16. The fourth-order valence-electron chi connectivity index (χ4n) is 1.19. The highest BCUT2D eigenvalue weighted by molar-refractivity contribution is 8.14. The van der Waals surface area contributed by atoms with E-state index in [1.807, 2.05) is 0 Å². The summed E-state index contributed by atoms with van der Waals surface area (Å²) >= 11 is 1.79. The number of nitrogens with two attached hydrogens (primary N) is 1. The molecule has 0 aromatic carbocycles. The van der Waals surface area contributed by atoms with Gasteiger partial charge in [-0.15, -0.1) is 0 Å². The molecule has 1 amide bonds. The van der Waals surface area contributed by atoms with Gasteiger partial charge in [-0.05, 0) is 12.8 Å². The number of amidine groups is 1. The number of hydrogen-bond acceptors (Lipinski definition) is 4. The van der Waals surface area contributed by atoms with Crippen LogP contribution in [0.5, 0.6) is 0 Å². The number of carbonyl (C=O) groups excluding carboxylic acids is 1. The highest BCUT2D eigenvalue weighted by atomic mass is 32.2. The van der Waals surface area contributed by atoms with E-state index in [-0.39, 0.29) is 5.91 Å². The summed E-state index contributed by atoms with van der Waals surface area (Å²) in [5, 5.41) is 4.85. The van der Waals surface area contributed by atoms with Gasteiger partial charge in [-0.25, -0.2) is 0 Å². The molecular formula is C9H17N3OS. The monoisotopic (exact) mass is 215 g/mol. The third-order valence-corrected chi connectivity index (χ3v) is 3.36. The first-order valence-electron chi connectivity index (χ1n) is 4.95. The maximum Gasteiger partial charge on any atom is 0.217 e. The molecule has 0 radical (unpaired) electrons. The Kier molecular flexibility index (Phi) is 4.79. The lowest BCUT2D eigenvalue weighted by molar-refractivity contribution is -0.118. The van der Waals surface area contributed by atoms with E-state index in [4.69, 9.17) is 5.73 Å². The summed E-state index contributed by atoms with van der Waals surface area (Å²) in [5.74, 6) is -0.237. The van der Waals surface area contributed by atoms with Gasteiger partial charge in [-0.3, -0.25) is 9.79 Å². The normalized spacial score (nSPS) is 20.6. The van der Waals surface area contributed by atoms with E-state index >= 15 is 0 Å². The van der Waals surface area contributed by atoms with E-state index < -0.39 is 0 Å². The average Bonchev–Trinajstić information content (AvgIpc) is 2.60. The minimum atomic E-state index is -0.237. The summed E-state index contributed by atoms with van der Waals surface area (Å²) in [7, 11) is 0. The Balaban J connectivity index is 2.05. The molecule has 1 rings (SSSR count). The van der Waals surface area contributed by atoms with E-state index in [1.54, 1.807) is 11.8 Å². The van der Waals surface area contributed by atoms with Crippen molar-refractivity contribution in [3.05, 3.63) is 0 Å². The first-order chi connectivity index (χ1) is 6.72. The molecule has 1 aliphatic rings. The van der Waals surface area contributed by atoms with Gasteiger partial charge < -0.3 is 11.1 Å². The Morgan fingerprint density at radius 1 is 1.79 bits per heavy atom. The van der Waals surface area contributed by atoms with Gasteiger partial charge in [0, 0.05) is 18.2 Å². The highest BCUT2D eigenvalue weighted by Crippen LogP contribution is 2.21. The summed E-state index contributed by atoms with van der Waals surface area (Å²) in [6.45, 7) is 3.87. The Bertz CT molecular complexity index is 230. The molecular weight excluding hydrogens is 198 g/mol. The van der Waals surface area contributed by atoms with Crippen LogP contribution in [0, 0.1) is 0 Å². The SMILES string of the molecule is CCC1CN=C(NCCCC(N)=O)S1. The van der Waals surface area contributed by atoms with E-state index in [9.17, 15) is 4.79 Å². The molecule has 3 N–H and O–H groups in total. The van der Waals surface area contributed by atoms with Crippen molar-refractivity contribution in [2.45, 2.75) is 31.4 Å². The zero-order valence-electron chi connectivity index (χ0n) is 8.45. The van der Waals surface area contributed by atoms with Crippen LogP contribution >= 0.6 is 11.8 Å². The van der Waals surface area contributed by atoms with Crippen molar-refractivity contribution in [2.75, 3.05) is 13.1 Å². The van der Waals surface area contributed by atoms with Crippen molar-refractivity contribution in [1.29, 1.82) is 0 Å². The van der Waals surface area contributed by atoms with Crippen LogP contribution in [0.1, 0.15) is 26.2 Å². The second kappa shape index (κ2) is 5.90. The van der Waals surface area contributed by atoms with Gasteiger partial charge in [0.05, 0.1) is 6.54 Å². The molecule has 0 saturated heterocycles. The molecule has 0 aromatic heterocycles. The number of rotatable bonds is 5. The van der Waals surface area contributed by atoms with Crippen molar-refractivity contribution in [1.82, 2.24) is 5.32 Å². The molecule has 0 aromatic rings. The van der Waals surface area contributed by atoms with Crippen molar-refractivity contribution < 1.29 is 4.79 Å². The van der Waals surface area contributed by atoms with Gasteiger partial charge >= 0.3 is 0 Å². The maximum absolute atomic E-state index is 10.5. The van der Waals surface area contributed by atoms with Gasteiger partial charge in [-0.2, -0.15) is 0 Å². The molecule has 1 aliphatic heterocycles. The lowest BCUT2D eigenvalue weighted by atomic mass is 10.3. The number of aliphatic imine (C=N–C) groups is 1. The van der Waals surface area contributed by atoms with Crippen molar-refractivity contribution in [3.63, 3.8) is 0 Å². The maximum atomic E-state index is 10.5. The molecule has 1 heterocycles. The molecule has 0 saturated carbocycles. The van der Waals surface area contributed by atoms with Crippen LogP contribution in [0.4, 0.5) is 0 Å². The number of thioether (sulfide) groups is 1. The van der Waals surface area contributed by atoms with Gasteiger partial charge in [0.1, 0.15) is 0 Å². The van der Waals surface area contributed by atoms with Gasteiger partial charge in [-0.1, -0.05) is 18.7 Å². The number of amides is 1. The number of nitrogens with zero attached hydrogens (tertiary/aromatic N) is 1. The van der Waals surface area contributed by atoms with Crippen LogP contribution in [-0.4, -0.2) is 29.4 Å². The summed E-state index contributed by atoms with van der Waals surface area (Å²) < 4.78 is 0. The van der Waals surface area contributed by atoms with Gasteiger partial charge in [0.2, 0.25) is 5.91 Å². The van der Waals surface area contributed by atoms with Crippen LogP contribution in [0.25, 0.3) is 0 Å². The van der Waals surface area contributed by atoms with Crippen LogP contribution in [0.15, 0.2) is 4.99 Å². The summed E-state index contributed by atoms with van der Waals surface area (Å²) in [5.41, 5.74) is 5.03. The first kappa shape index (κ1) is 11.4. The number of carbonyl (C=O) groups is 1. The lowest BCUT2D eigenvalue weighted by Crippen LogP contribution is -2.22. The van der Waals surface area contributed by atoms with Crippen LogP contribution in [-0.2, 0) is 4.79 Å². The first-order valence-corrected chi connectivity index (χ1v) is 5.83. The Morgan fingerprint density at radius 3 is 3.14 bits per heavy atom. The molecule has 14 heavy (non-hydrogen) atoms. The largest absolute Gasteiger partial charge is 0.370 e. The summed E-state index contributed by atoms with van der Waals surface area (Å²) in [4.78, 5) is 14.8. The molecule has 1 unspecified atom stereocenters. The molecule has 0 spiro atoms. The Morgan fingerprint density at radius 2 is 2.57 bits per heavy atom. The molecule has 4 nitrogen and oxygen atoms in total. The van der Waals surface area contributed by atoms with Crippen LogP contribution < -0.4 is 11.1 Å². The Labute approximate surface area is 88.7 Å². The quantitative estimate of drug-likeness (QED) is 0.664. The van der Waals surface area contributed by atoms with Crippen molar-refractivity contribution in [3.8, 4) is 0 Å².